The second kappa shape index (κ2) is 3.22. The van der Waals surface area contributed by atoms with E-state index in [1.165, 1.54) is 5.56 Å². The third kappa shape index (κ3) is 1.01. The van der Waals surface area contributed by atoms with Crippen molar-refractivity contribution in [3.8, 4) is 11.4 Å². The number of aromatic nitrogens is 6. The van der Waals surface area contributed by atoms with Crippen molar-refractivity contribution in [2.24, 2.45) is 7.05 Å². The molecule has 4 aromatic heterocycles. The lowest BCUT2D eigenvalue weighted by molar-refractivity contribution is -0.636. The van der Waals surface area contributed by atoms with E-state index in [1.54, 1.807) is 12.4 Å². The van der Waals surface area contributed by atoms with Gasteiger partial charge in [-0.25, -0.2) is 13.5 Å². The highest BCUT2D eigenvalue weighted by molar-refractivity contribution is 5.76. The number of hydrogen-bond acceptors (Lipinski definition) is 3. The molecule has 0 spiro atoms. The number of aryl methyl sites for hydroxylation is 1. The molecule has 0 atom stereocenters. The van der Waals surface area contributed by atoms with Crippen molar-refractivity contribution in [3.05, 3.63) is 42.6 Å². The fourth-order valence-corrected chi connectivity index (χ4v) is 3.15. The smallest absolute Gasteiger partial charge is 0.257 e. The van der Waals surface area contributed by atoms with E-state index >= 15 is 0 Å². The summed E-state index contributed by atoms with van der Waals surface area (Å²) in [6, 6.07) is 4.10. The number of rotatable bonds is 0. The fraction of sp³-hybridized carbons (Fsp3) is 0.143. The highest BCUT2D eigenvalue weighted by Gasteiger charge is 2.34. The van der Waals surface area contributed by atoms with E-state index in [1.807, 2.05) is 18.5 Å². The number of nitrogens with zero attached hydrogens (tertiary/aromatic N) is 6. The summed E-state index contributed by atoms with van der Waals surface area (Å²) in [5.74, 6) is 1.16. The van der Waals surface area contributed by atoms with Crippen molar-refractivity contribution >= 4 is 16.9 Å². The molecule has 0 N–H and O–H groups in total. The first-order valence-corrected chi connectivity index (χ1v) is 6.49. The molecule has 0 aliphatic carbocycles. The maximum Gasteiger partial charge on any atom is 0.295 e. The van der Waals surface area contributed by atoms with Gasteiger partial charge in [0.2, 0.25) is 11.5 Å². The Morgan fingerprint density at radius 3 is 3.20 bits per heavy atom. The Bertz CT molecular complexity index is 994. The van der Waals surface area contributed by atoms with Crippen LogP contribution in [0.5, 0.6) is 0 Å². The summed E-state index contributed by atoms with van der Waals surface area (Å²) in [7, 11) is 2.07. The van der Waals surface area contributed by atoms with Crippen LogP contribution in [0.1, 0.15) is 5.69 Å². The second-order valence-electron chi connectivity index (χ2n) is 5.03. The molecule has 1 aliphatic rings. The monoisotopic (exact) mass is 263 g/mol. The molecule has 1 aliphatic heterocycles. The molecule has 0 saturated heterocycles. The minimum atomic E-state index is 0.778. The molecule has 0 aromatic carbocycles. The van der Waals surface area contributed by atoms with Gasteiger partial charge in [0.25, 0.3) is 11.3 Å². The maximum atomic E-state index is 4.71. The lowest BCUT2D eigenvalue weighted by Gasteiger charge is -1.96. The summed E-state index contributed by atoms with van der Waals surface area (Å²) >= 11 is 0. The molecule has 20 heavy (non-hydrogen) atoms. The van der Waals surface area contributed by atoms with Crippen LogP contribution < -0.4 is 4.57 Å². The van der Waals surface area contributed by atoms with Gasteiger partial charge in [-0.1, -0.05) is 0 Å². The van der Waals surface area contributed by atoms with E-state index in [2.05, 4.69) is 36.6 Å². The van der Waals surface area contributed by atoms with Crippen molar-refractivity contribution in [1.29, 1.82) is 0 Å². The van der Waals surface area contributed by atoms with Crippen LogP contribution >= 0.6 is 0 Å². The first kappa shape index (κ1) is 10.1. The Morgan fingerprint density at radius 1 is 1.30 bits per heavy atom. The van der Waals surface area contributed by atoms with E-state index in [-0.39, 0.29) is 0 Å². The van der Waals surface area contributed by atoms with Gasteiger partial charge in [0.1, 0.15) is 6.54 Å². The van der Waals surface area contributed by atoms with Gasteiger partial charge in [0, 0.05) is 6.20 Å². The highest BCUT2D eigenvalue weighted by Crippen LogP contribution is 2.31. The first-order chi connectivity index (χ1) is 9.84. The Hall–Kier alpha value is -2.76. The number of hydrogen-bond donors (Lipinski definition) is 0. The quantitative estimate of drug-likeness (QED) is 0.391. The molecule has 0 amide bonds. The minimum absolute atomic E-state index is 0.778. The Morgan fingerprint density at radius 2 is 2.25 bits per heavy atom. The molecule has 6 nitrogen and oxygen atoms in total. The molecule has 96 valence electrons. The van der Waals surface area contributed by atoms with Gasteiger partial charge in [0.05, 0.1) is 36.9 Å². The fourth-order valence-electron chi connectivity index (χ4n) is 3.15. The molecule has 0 saturated carbocycles. The van der Waals surface area contributed by atoms with Crippen LogP contribution in [0.25, 0.3) is 28.3 Å². The molecule has 0 fully saturated rings. The number of imidazole rings is 2. The Balaban J connectivity index is 1.98. The van der Waals surface area contributed by atoms with Crippen LogP contribution in [-0.2, 0) is 13.6 Å². The average molecular weight is 263 g/mol. The van der Waals surface area contributed by atoms with Crippen molar-refractivity contribution < 1.29 is 4.57 Å². The van der Waals surface area contributed by atoms with E-state index < -0.39 is 0 Å². The van der Waals surface area contributed by atoms with E-state index in [0.717, 1.165) is 35.0 Å². The third-order valence-corrected chi connectivity index (χ3v) is 3.97. The summed E-state index contributed by atoms with van der Waals surface area (Å²) < 4.78 is 6.48. The summed E-state index contributed by atoms with van der Waals surface area (Å²) in [5.41, 5.74) is 5.23. The van der Waals surface area contributed by atoms with Gasteiger partial charge in [0.15, 0.2) is 0 Å². The molecule has 6 heteroatoms. The van der Waals surface area contributed by atoms with Crippen molar-refractivity contribution in [1.82, 2.24) is 23.9 Å². The molecular weight excluding hydrogens is 252 g/mol. The Kier molecular flexibility index (Phi) is 1.62. The zero-order valence-corrected chi connectivity index (χ0v) is 10.9. The standard InChI is InChI=1S/C14H11N6/c1-18-13-9-3-2-4-16-10(9)8-20(13)12-14(18)19-6-5-15-7-11(19)17-12/h2-7H,8H2,1H3/q+1. The molecule has 5 rings (SSSR count). The molecule has 0 radical (unpaired) electrons. The minimum Gasteiger partial charge on any atom is -0.257 e. The Labute approximate surface area is 114 Å². The van der Waals surface area contributed by atoms with Crippen LogP contribution in [0.3, 0.4) is 0 Å². The largest absolute Gasteiger partial charge is 0.295 e. The lowest BCUT2D eigenvalue weighted by Crippen LogP contribution is -2.30. The first-order valence-electron chi connectivity index (χ1n) is 6.49. The van der Waals surface area contributed by atoms with Crippen molar-refractivity contribution in [3.63, 3.8) is 0 Å². The van der Waals surface area contributed by atoms with Gasteiger partial charge < -0.3 is 0 Å². The molecular formula is C14H11N6+. The van der Waals surface area contributed by atoms with Crippen LogP contribution in [0, 0.1) is 0 Å². The van der Waals surface area contributed by atoms with Gasteiger partial charge >= 0.3 is 0 Å². The summed E-state index contributed by atoms with van der Waals surface area (Å²) in [5, 5.41) is 0. The number of fused-ring (bicyclic) bond motifs is 7. The van der Waals surface area contributed by atoms with Crippen molar-refractivity contribution in [2.45, 2.75) is 6.54 Å². The van der Waals surface area contributed by atoms with Crippen LogP contribution in [0.15, 0.2) is 36.9 Å². The lowest BCUT2D eigenvalue weighted by atomic mass is 10.2. The van der Waals surface area contributed by atoms with E-state index in [0.29, 0.717) is 0 Å². The average Bonchev–Trinajstić information content (AvgIpc) is 3.10. The predicted octanol–water partition coefficient (Wildman–Crippen LogP) is 0.932. The maximum absolute atomic E-state index is 4.71. The van der Waals surface area contributed by atoms with Gasteiger partial charge in [-0.15, -0.1) is 0 Å². The topological polar surface area (TPSA) is 51.9 Å². The van der Waals surface area contributed by atoms with Gasteiger partial charge in [-0.05, 0) is 12.1 Å². The van der Waals surface area contributed by atoms with Crippen molar-refractivity contribution in [2.75, 3.05) is 0 Å². The molecule has 4 aromatic rings. The second-order valence-corrected chi connectivity index (χ2v) is 5.03. The predicted molar refractivity (Wildman–Crippen MR) is 72.0 cm³/mol. The summed E-state index contributed by atoms with van der Waals surface area (Å²) in [6.45, 7) is 0.778. The van der Waals surface area contributed by atoms with Gasteiger partial charge in [-0.2, -0.15) is 4.98 Å². The normalized spacial score (nSPS) is 13.1. The molecule has 5 heterocycles. The molecule has 0 bridgehead atoms. The summed E-state index contributed by atoms with van der Waals surface area (Å²) in [6.07, 6.45) is 7.36. The summed E-state index contributed by atoms with van der Waals surface area (Å²) in [4.78, 5) is 13.3. The zero-order valence-electron chi connectivity index (χ0n) is 10.9. The zero-order chi connectivity index (χ0) is 13.3. The molecule has 0 unspecified atom stereocenters. The van der Waals surface area contributed by atoms with Crippen LogP contribution in [-0.4, -0.2) is 23.9 Å². The van der Waals surface area contributed by atoms with Crippen LogP contribution in [0.4, 0.5) is 0 Å². The highest BCUT2D eigenvalue weighted by atomic mass is 15.3. The van der Waals surface area contributed by atoms with E-state index in [4.69, 9.17) is 4.98 Å². The number of pyridine rings is 1. The van der Waals surface area contributed by atoms with Crippen LogP contribution in [0.2, 0.25) is 0 Å². The third-order valence-electron chi connectivity index (χ3n) is 3.97. The SMILES string of the molecule is C[n+]1c2n(c3nc4cnccn4c31)Cc1ncccc1-2. The van der Waals surface area contributed by atoms with E-state index in [9.17, 15) is 0 Å². The van der Waals surface area contributed by atoms with Gasteiger partial charge in [-0.3, -0.25) is 9.97 Å².